The lowest BCUT2D eigenvalue weighted by Gasteiger charge is -2.49. The lowest BCUT2D eigenvalue weighted by molar-refractivity contribution is 0.00558. The number of hydrogen-bond donors (Lipinski definition) is 2. The minimum Gasteiger partial charge on any atom is -0.495 e. The Morgan fingerprint density at radius 1 is 1.28 bits per heavy atom. The highest BCUT2D eigenvalue weighted by Crippen LogP contribution is 2.47. The monoisotopic (exact) mass is 502 g/mol. The molecule has 194 valence electrons. The summed E-state index contributed by atoms with van der Waals surface area (Å²) in [5.41, 5.74) is 3.43. The van der Waals surface area contributed by atoms with E-state index in [9.17, 15) is 13.2 Å². The molecular formula is C26H33F3N6O. The van der Waals surface area contributed by atoms with Gasteiger partial charge in [0.05, 0.1) is 55.5 Å². The van der Waals surface area contributed by atoms with Crippen LogP contribution in [-0.2, 0) is 12.0 Å². The van der Waals surface area contributed by atoms with E-state index in [0.29, 0.717) is 24.3 Å². The molecule has 2 N–H and O–H groups in total. The Morgan fingerprint density at radius 2 is 2.08 bits per heavy atom. The summed E-state index contributed by atoms with van der Waals surface area (Å²) >= 11 is 0. The Kier molecular flexibility index (Phi) is 6.82. The molecule has 1 fully saturated rings. The fraction of sp³-hybridized carbons (Fsp3) is 0.538. The van der Waals surface area contributed by atoms with Crippen LogP contribution in [0.3, 0.4) is 0 Å². The van der Waals surface area contributed by atoms with E-state index in [1.54, 1.807) is 19.5 Å². The number of H-pyrrole nitrogens is 1. The molecule has 0 bridgehead atoms. The molecule has 0 aliphatic carbocycles. The van der Waals surface area contributed by atoms with Crippen molar-refractivity contribution < 1.29 is 17.9 Å². The van der Waals surface area contributed by atoms with E-state index in [4.69, 9.17) is 9.72 Å². The number of aromatic nitrogens is 3. The van der Waals surface area contributed by atoms with Crippen LogP contribution in [0.4, 0.5) is 18.9 Å². The van der Waals surface area contributed by atoms with E-state index in [1.165, 1.54) is 0 Å². The van der Waals surface area contributed by atoms with Crippen molar-refractivity contribution in [3.63, 3.8) is 0 Å². The number of alkyl halides is 3. The molecule has 2 aliphatic rings. The standard InChI is InChI=1S/C26H33F3N6O/c1-16-9-19-20-12-31-33-22(20)6-5-21(19)26(2,35(16)15-24(28)29)25-23(36-3)10-17(11-30-25)32-18-13-34(14-18)8-4-7-27/h5-6,10-12,16,18,24,32H,4,7-9,13-15H2,1-3H3,(H,31,33)/t16-,26+/m1/s1. The third-order valence-electron chi connectivity index (χ3n) is 7.67. The maximum absolute atomic E-state index is 13.8. The van der Waals surface area contributed by atoms with Crippen molar-refractivity contribution >= 4 is 16.6 Å². The Balaban J connectivity index is 1.52. The molecule has 0 saturated carbocycles. The van der Waals surface area contributed by atoms with Gasteiger partial charge in [-0.05, 0) is 43.9 Å². The molecule has 10 heteroatoms. The Bertz CT molecular complexity index is 1210. The predicted molar refractivity (Wildman–Crippen MR) is 134 cm³/mol. The zero-order valence-corrected chi connectivity index (χ0v) is 20.9. The first kappa shape index (κ1) is 24.8. The van der Waals surface area contributed by atoms with Crippen molar-refractivity contribution in [2.24, 2.45) is 0 Å². The van der Waals surface area contributed by atoms with Crippen LogP contribution in [0.15, 0.2) is 30.6 Å². The maximum Gasteiger partial charge on any atom is 0.251 e. The first-order valence-electron chi connectivity index (χ1n) is 12.4. The normalized spacial score (nSPS) is 23.1. The smallest absolute Gasteiger partial charge is 0.251 e. The number of likely N-dealkylation sites (tertiary alicyclic amines) is 1. The van der Waals surface area contributed by atoms with Gasteiger partial charge in [-0.25, -0.2) is 8.78 Å². The number of fused-ring (bicyclic) bond motifs is 3. The summed E-state index contributed by atoms with van der Waals surface area (Å²) in [6.07, 6.45) is 2.25. The van der Waals surface area contributed by atoms with Gasteiger partial charge < -0.3 is 10.1 Å². The summed E-state index contributed by atoms with van der Waals surface area (Å²) in [6, 6.07) is 5.94. The van der Waals surface area contributed by atoms with Gasteiger partial charge in [0, 0.05) is 37.1 Å². The molecular weight excluding hydrogens is 469 g/mol. The summed E-state index contributed by atoms with van der Waals surface area (Å²) in [6.45, 7) is 5.72. The largest absolute Gasteiger partial charge is 0.495 e. The molecule has 1 saturated heterocycles. The molecule has 4 heterocycles. The lowest BCUT2D eigenvalue weighted by Crippen LogP contribution is -2.56. The zero-order valence-electron chi connectivity index (χ0n) is 20.9. The Hall–Kier alpha value is -2.85. The number of methoxy groups -OCH3 is 1. The van der Waals surface area contributed by atoms with Gasteiger partial charge in [0.2, 0.25) is 0 Å². The second kappa shape index (κ2) is 9.89. The fourth-order valence-corrected chi connectivity index (χ4v) is 5.94. The number of nitrogens with zero attached hydrogens (tertiary/aromatic N) is 4. The molecule has 0 spiro atoms. The van der Waals surface area contributed by atoms with Gasteiger partial charge in [-0.1, -0.05) is 6.07 Å². The fourth-order valence-electron chi connectivity index (χ4n) is 5.94. The van der Waals surface area contributed by atoms with Crippen LogP contribution >= 0.6 is 0 Å². The number of pyridine rings is 1. The van der Waals surface area contributed by atoms with Crippen LogP contribution in [0.25, 0.3) is 10.9 Å². The molecule has 2 aromatic heterocycles. The average molecular weight is 503 g/mol. The molecule has 0 radical (unpaired) electrons. The summed E-state index contributed by atoms with van der Waals surface area (Å²) in [5.74, 6) is 0.544. The van der Waals surface area contributed by atoms with Gasteiger partial charge in [0.1, 0.15) is 11.4 Å². The molecule has 2 aliphatic heterocycles. The highest BCUT2D eigenvalue weighted by atomic mass is 19.3. The minimum absolute atomic E-state index is 0.147. The molecule has 36 heavy (non-hydrogen) atoms. The van der Waals surface area contributed by atoms with Crippen molar-refractivity contribution in [3.05, 3.63) is 47.4 Å². The Labute approximate surface area is 209 Å². The highest BCUT2D eigenvalue weighted by Gasteiger charge is 2.47. The van der Waals surface area contributed by atoms with Crippen LogP contribution in [0, 0.1) is 0 Å². The van der Waals surface area contributed by atoms with E-state index in [2.05, 4.69) is 20.4 Å². The van der Waals surface area contributed by atoms with Gasteiger partial charge in [-0.2, -0.15) is 5.10 Å². The van der Waals surface area contributed by atoms with Crippen LogP contribution < -0.4 is 10.1 Å². The van der Waals surface area contributed by atoms with E-state index in [1.807, 2.05) is 36.9 Å². The molecule has 1 aromatic carbocycles. The van der Waals surface area contributed by atoms with Gasteiger partial charge in [0.15, 0.2) is 0 Å². The molecule has 7 nitrogen and oxygen atoms in total. The van der Waals surface area contributed by atoms with Gasteiger partial charge in [0.25, 0.3) is 6.43 Å². The van der Waals surface area contributed by atoms with Crippen molar-refractivity contribution in [1.82, 2.24) is 25.0 Å². The van der Waals surface area contributed by atoms with Crippen LogP contribution in [0.1, 0.15) is 37.1 Å². The van der Waals surface area contributed by atoms with Crippen molar-refractivity contribution in [1.29, 1.82) is 0 Å². The van der Waals surface area contributed by atoms with Crippen LogP contribution in [-0.4, -0.2) is 83.5 Å². The number of hydrogen-bond acceptors (Lipinski definition) is 6. The number of aromatic amines is 1. The highest BCUT2D eigenvalue weighted by molar-refractivity contribution is 5.84. The van der Waals surface area contributed by atoms with Gasteiger partial charge >= 0.3 is 0 Å². The summed E-state index contributed by atoms with van der Waals surface area (Å²) < 4.78 is 45.9. The molecule has 0 amide bonds. The molecule has 3 aromatic rings. The predicted octanol–water partition coefficient (Wildman–Crippen LogP) is 4.20. The van der Waals surface area contributed by atoms with Crippen LogP contribution in [0.5, 0.6) is 5.75 Å². The van der Waals surface area contributed by atoms with E-state index in [-0.39, 0.29) is 25.3 Å². The quantitative estimate of drug-likeness (QED) is 0.457. The van der Waals surface area contributed by atoms with Gasteiger partial charge in [-0.3, -0.25) is 24.3 Å². The number of rotatable bonds is 9. The van der Waals surface area contributed by atoms with Gasteiger partial charge in [-0.15, -0.1) is 0 Å². The maximum atomic E-state index is 13.8. The third kappa shape index (κ3) is 4.30. The SMILES string of the molecule is COc1cc(NC2CN(CCCF)C2)cnc1[C@]1(C)c2ccc3[nH]ncc3c2C[C@@H](C)N1CC(F)F. The average Bonchev–Trinajstić information content (AvgIpc) is 3.32. The summed E-state index contributed by atoms with van der Waals surface area (Å²) in [5, 5.41) is 11.7. The number of ether oxygens (including phenoxy) is 1. The lowest BCUT2D eigenvalue weighted by atomic mass is 9.75. The first-order valence-corrected chi connectivity index (χ1v) is 12.4. The van der Waals surface area contributed by atoms with E-state index < -0.39 is 12.0 Å². The second-order valence-electron chi connectivity index (χ2n) is 10.0. The number of benzene rings is 1. The van der Waals surface area contributed by atoms with Crippen molar-refractivity contribution in [2.45, 2.75) is 50.7 Å². The van der Waals surface area contributed by atoms with Crippen molar-refractivity contribution in [3.8, 4) is 5.75 Å². The van der Waals surface area contributed by atoms with Crippen LogP contribution in [0.2, 0.25) is 0 Å². The molecule has 2 atom stereocenters. The number of nitrogens with one attached hydrogen (secondary N) is 2. The Morgan fingerprint density at radius 3 is 2.81 bits per heavy atom. The minimum atomic E-state index is -2.49. The molecule has 0 unspecified atom stereocenters. The summed E-state index contributed by atoms with van der Waals surface area (Å²) in [4.78, 5) is 8.87. The third-order valence-corrected chi connectivity index (χ3v) is 7.67. The topological polar surface area (TPSA) is 69.3 Å². The van der Waals surface area contributed by atoms with E-state index in [0.717, 1.165) is 47.4 Å². The number of anilines is 1. The zero-order chi connectivity index (χ0) is 25.4. The molecule has 5 rings (SSSR count). The van der Waals surface area contributed by atoms with Crippen molar-refractivity contribution in [2.75, 3.05) is 45.3 Å². The second-order valence-corrected chi connectivity index (χ2v) is 10.0. The summed E-state index contributed by atoms with van der Waals surface area (Å²) in [7, 11) is 1.58. The van der Waals surface area contributed by atoms with E-state index >= 15 is 0 Å². The number of halogens is 3. The first-order chi connectivity index (χ1) is 17.3.